The van der Waals surface area contributed by atoms with Gasteiger partial charge in [0.05, 0.1) is 16.8 Å². The molecule has 0 bridgehead atoms. The summed E-state index contributed by atoms with van der Waals surface area (Å²) in [6.45, 7) is 0.917. The number of carboxylic acid groups (broad SMARTS) is 1. The summed E-state index contributed by atoms with van der Waals surface area (Å²) >= 11 is 7.31. The third-order valence-electron chi connectivity index (χ3n) is 3.92. The van der Waals surface area contributed by atoms with Gasteiger partial charge in [-0.2, -0.15) is 0 Å². The zero-order chi connectivity index (χ0) is 14.8. The van der Waals surface area contributed by atoms with Gasteiger partial charge < -0.3 is 9.67 Å². The van der Waals surface area contributed by atoms with E-state index < -0.39 is 5.97 Å². The van der Waals surface area contributed by atoms with E-state index in [1.807, 2.05) is 18.2 Å². The van der Waals surface area contributed by atoms with E-state index in [9.17, 15) is 4.79 Å². The number of rotatable bonds is 5. The van der Waals surface area contributed by atoms with Crippen LogP contribution >= 0.6 is 23.4 Å². The van der Waals surface area contributed by atoms with Crippen LogP contribution in [0.3, 0.4) is 0 Å². The van der Waals surface area contributed by atoms with Crippen LogP contribution in [0.25, 0.3) is 11.0 Å². The Morgan fingerprint density at radius 1 is 1.43 bits per heavy atom. The number of halogens is 1. The Morgan fingerprint density at radius 3 is 2.90 bits per heavy atom. The number of fused-ring (bicyclic) bond motifs is 1. The highest BCUT2D eigenvalue weighted by atomic mass is 35.5. The summed E-state index contributed by atoms with van der Waals surface area (Å²) in [5.41, 5.74) is 1.88. The van der Waals surface area contributed by atoms with Gasteiger partial charge in [0.2, 0.25) is 0 Å². The monoisotopic (exact) mass is 324 g/mol. The first-order valence-corrected chi connectivity index (χ1v) is 8.50. The topological polar surface area (TPSA) is 55.1 Å². The molecule has 112 valence electrons. The first-order chi connectivity index (χ1) is 10.1. The predicted molar refractivity (Wildman–Crippen MR) is 85.1 cm³/mol. The van der Waals surface area contributed by atoms with Crippen LogP contribution in [-0.2, 0) is 11.3 Å². The van der Waals surface area contributed by atoms with Crippen molar-refractivity contribution < 1.29 is 9.90 Å². The molecule has 1 saturated carbocycles. The van der Waals surface area contributed by atoms with Gasteiger partial charge in [-0.05, 0) is 37.0 Å². The van der Waals surface area contributed by atoms with Crippen molar-refractivity contribution >= 4 is 40.4 Å². The van der Waals surface area contributed by atoms with Crippen molar-refractivity contribution in [3.8, 4) is 0 Å². The lowest BCUT2D eigenvalue weighted by atomic mass is 10.1. The van der Waals surface area contributed by atoms with Crippen LogP contribution in [0.1, 0.15) is 25.7 Å². The lowest BCUT2D eigenvalue weighted by molar-refractivity contribution is -0.133. The minimum atomic E-state index is -0.822. The highest BCUT2D eigenvalue weighted by molar-refractivity contribution is 7.99. The Morgan fingerprint density at radius 2 is 2.19 bits per heavy atom. The molecule has 1 N–H and O–H groups in total. The molecule has 1 fully saturated rings. The van der Waals surface area contributed by atoms with Crippen LogP contribution in [-0.4, -0.2) is 26.4 Å². The quantitative estimate of drug-likeness (QED) is 0.843. The zero-order valence-electron chi connectivity index (χ0n) is 11.6. The number of benzene rings is 1. The fraction of sp³-hybridized carbons (Fsp3) is 0.467. The molecule has 1 heterocycles. The summed E-state index contributed by atoms with van der Waals surface area (Å²) in [7, 11) is 0. The summed E-state index contributed by atoms with van der Waals surface area (Å²) in [6.07, 6.45) is 5.08. The van der Waals surface area contributed by atoms with E-state index in [1.165, 1.54) is 37.4 Å². The molecule has 0 spiro atoms. The number of imidazole rings is 1. The zero-order valence-corrected chi connectivity index (χ0v) is 13.2. The maximum atomic E-state index is 10.8. The summed E-state index contributed by atoms with van der Waals surface area (Å²) in [4.78, 5) is 15.4. The Hall–Kier alpha value is -1.20. The minimum absolute atomic E-state index is 0.0295. The molecule has 0 radical (unpaired) electrons. The molecule has 0 atom stereocenters. The molecule has 21 heavy (non-hydrogen) atoms. The number of nitrogens with zero attached hydrogens (tertiary/aromatic N) is 2. The first-order valence-electron chi connectivity index (χ1n) is 7.14. The van der Waals surface area contributed by atoms with Crippen molar-refractivity contribution in [1.82, 2.24) is 9.55 Å². The molecule has 0 amide bonds. The fourth-order valence-electron chi connectivity index (χ4n) is 2.94. The minimum Gasteiger partial charge on any atom is -0.481 e. The molecule has 3 rings (SSSR count). The fourth-order valence-corrected chi connectivity index (χ4v) is 3.86. The highest BCUT2D eigenvalue weighted by Crippen LogP contribution is 2.31. The number of carboxylic acids is 1. The normalized spacial score (nSPS) is 15.9. The van der Waals surface area contributed by atoms with Crippen molar-refractivity contribution in [1.29, 1.82) is 0 Å². The van der Waals surface area contributed by atoms with Gasteiger partial charge in [0.1, 0.15) is 0 Å². The Bertz CT molecular complexity index is 665. The summed E-state index contributed by atoms with van der Waals surface area (Å²) in [5, 5.41) is 10.3. The number of hydrogen-bond donors (Lipinski definition) is 1. The van der Waals surface area contributed by atoms with Crippen LogP contribution in [0, 0.1) is 5.92 Å². The van der Waals surface area contributed by atoms with Crippen molar-refractivity contribution in [2.24, 2.45) is 5.92 Å². The third kappa shape index (κ3) is 3.35. The average Bonchev–Trinajstić information content (AvgIpc) is 3.05. The number of thioether (sulfide) groups is 1. The van der Waals surface area contributed by atoms with Crippen LogP contribution in [0.5, 0.6) is 0 Å². The van der Waals surface area contributed by atoms with Gasteiger partial charge >= 0.3 is 5.97 Å². The molecule has 2 aromatic rings. The molecule has 1 aromatic carbocycles. The maximum absolute atomic E-state index is 10.8. The summed E-state index contributed by atoms with van der Waals surface area (Å²) in [6, 6.07) is 5.68. The number of aliphatic carboxylic acids is 1. The van der Waals surface area contributed by atoms with Gasteiger partial charge in [-0.25, -0.2) is 4.98 Å². The highest BCUT2D eigenvalue weighted by Gasteiger charge is 2.20. The number of carbonyl (C=O) groups is 1. The predicted octanol–water partition coefficient (Wildman–Crippen LogP) is 4.06. The van der Waals surface area contributed by atoms with E-state index >= 15 is 0 Å². The van der Waals surface area contributed by atoms with Crippen molar-refractivity contribution in [2.45, 2.75) is 37.4 Å². The lowest BCUT2D eigenvalue weighted by Gasteiger charge is -2.13. The molecule has 0 unspecified atom stereocenters. The molecule has 0 saturated heterocycles. The van der Waals surface area contributed by atoms with E-state index in [4.69, 9.17) is 16.7 Å². The van der Waals surface area contributed by atoms with Crippen LogP contribution in [0.4, 0.5) is 0 Å². The van der Waals surface area contributed by atoms with Gasteiger partial charge in [-0.1, -0.05) is 36.2 Å². The molecular formula is C15H17ClN2O2S. The Kier molecular flexibility index (Phi) is 4.40. The second-order valence-electron chi connectivity index (χ2n) is 5.47. The van der Waals surface area contributed by atoms with Gasteiger partial charge in [0.15, 0.2) is 5.16 Å². The lowest BCUT2D eigenvalue weighted by Crippen LogP contribution is -2.09. The molecule has 4 nitrogen and oxygen atoms in total. The van der Waals surface area contributed by atoms with E-state index in [0.29, 0.717) is 10.9 Å². The van der Waals surface area contributed by atoms with E-state index in [-0.39, 0.29) is 5.75 Å². The van der Waals surface area contributed by atoms with E-state index in [0.717, 1.165) is 22.7 Å². The SMILES string of the molecule is O=C(O)CSc1nc2cc(Cl)ccc2n1CC1CCCC1. The second-order valence-corrected chi connectivity index (χ2v) is 6.85. The largest absolute Gasteiger partial charge is 0.481 e. The summed E-state index contributed by atoms with van der Waals surface area (Å²) in [5.74, 6) is -0.124. The molecule has 0 aliphatic heterocycles. The Labute approximate surface area is 132 Å². The van der Waals surface area contributed by atoms with E-state index in [1.54, 1.807) is 0 Å². The van der Waals surface area contributed by atoms with Gasteiger partial charge in [-0.15, -0.1) is 0 Å². The van der Waals surface area contributed by atoms with E-state index in [2.05, 4.69) is 9.55 Å². The second kappa shape index (κ2) is 6.28. The average molecular weight is 325 g/mol. The third-order valence-corrected chi connectivity index (χ3v) is 5.11. The molecule has 1 aromatic heterocycles. The Balaban J connectivity index is 1.95. The van der Waals surface area contributed by atoms with Gasteiger partial charge in [0.25, 0.3) is 0 Å². The number of aromatic nitrogens is 2. The van der Waals surface area contributed by atoms with Crippen molar-refractivity contribution in [2.75, 3.05) is 5.75 Å². The molecular weight excluding hydrogens is 308 g/mol. The van der Waals surface area contributed by atoms with Crippen LogP contribution < -0.4 is 0 Å². The first kappa shape index (κ1) is 14.7. The van der Waals surface area contributed by atoms with Gasteiger partial charge in [-0.3, -0.25) is 4.79 Å². The van der Waals surface area contributed by atoms with Crippen molar-refractivity contribution in [3.63, 3.8) is 0 Å². The standard InChI is InChI=1S/C15H17ClN2O2S/c16-11-5-6-13-12(7-11)17-15(21-9-14(19)20)18(13)8-10-3-1-2-4-10/h5-7,10H,1-4,8-9H2,(H,19,20). The van der Waals surface area contributed by atoms with Crippen molar-refractivity contribution in [3.05, 3.63) is 23.2 Å². The van der Waals surface area contributed by atoms with Gasteiger partial charge in [0, 0.05) is 11.6 Å². The van der Waals surface area contributed by atoms with Crippen LogP contribution in [0.2, 0.25) is 5.02 Å². The smallest absolute Gasteiger partial charge is 0.313 e. The maximum Gasteiger partial charge on any atom is 0.313 e. The molecule has 1 aliphatic rings. The number of hydrogen-bond acceptors (Lipinski definition) is 3. The molecule has 1 aliphatic carbocycles. The molecule has 6 heteroatoms. The van der Waals surface area contributed by atoms with Crippen LogP contribution in [0.15, 0.2) is 23.4 Å². The summed E-state index contributed by atoms with van der Waals surface area (Å²) < 4.78 is 2.16.